The summed E-state index contributed by atoms with van der Waals surface area (Å²) in [6, 6.07) is 0. The van der Waals surface area contributed by atoms with E-state index in [2.05, 4.69) is 31.0 Å². The molecule has 0 heterocycles. The van der Waals surface area contributed by atoms with E-state index < -0.39 is 0 Å². The molecule has 0 saturated heterocycles. The average molecular weight is 259 g/mol. The van der Waals surface area contributed by atoms with Crippen LogP contribution in [0.5, 0.6) is 0 Å². The van der Waals surface area contributed by atoms with E-state index >= 15 is 0 Å². The Balaban J connectivity index is 0.00000108. The van der Waals surface area contributed by atoms with Gasteiger partial charge in [-0.25, -0.2) is 10.0 Å². The molecular weight excluding hydrogens is 232 g/mol. The molecule has 4 aliphatic carbocycles. The van der Waals surface area contributed by atoms with Crippen molar-refractivity contribution in [2.24, 2.45) is 17.8 Å². The molecule has 0 amide bonds. The second-order valence-corrected chi connectivity index (χ2v) is 6.64. The van der Waals surface area contributed by atoms with E-state index in [-0.39, 0.29) is 12.4 Å². The van der Waals surface area contributed by atoms with Crippen LogP contribution in [0.1, 0.15) is 45.4 Å². The Morgan fingerprint density at radius 3 is 1.71 bits per heavy atom. The lowest BCUT2D eigenvalue weighted by molar-refractivity contribution is -0.156. The van der Waals surface area contributed by atoms with Crippen LogP contribution in [0.25, 0.3) is 0 Å². The third-order valence-corrected chi connectivity index (χ3v) is 5.66. The molecule has 4 fully saturated rings. The molecule has 0 radical (unpaired) electrons. The monoisotopic (exact) mass is 258 g/mol. The maximum Gasteiger partial charge on any atom is 0.0361 e. The van der Waals surface area contributed by atoms with Gasteiger partial charge in [0.05, 0.1) is 0 Å². The summed E-state index contributed by atoms with van der Waals surface area (Å²) in [5.41, 5.74) is 0.541. The number of halogens is 1. The lowest BCUT2D eigenvalue weighted by atomic mass is 9.53. The van der Waals surface area contributed by atoms with Crippen LogP contribution >= 0.6 is 12.4 Å². The van der Waals surface area contributed by atoms with Crippen LogP contribution in [0.15, 0.2) is 0 Å². The SMILES string of the molecule is CCN(C)N(C)C12CC3CC(CC(C3)C1)C2.Cl. The first-order valence-electron chi connectivity index (χ1n) is 7.08. The van der Waals surface area contributed by atoms with Gasteiger partial charge in [-0.15, -0.1) is 12.4 Å². The van der Waals surface area contributed by atoms with Crippen LogP contribution in [-0.2, 0) is 0 Å². The quantitative estimate of drug-likeness (QED) is 0.718. The maximum absolute atomic E-state index is 2.59. The van der Waals surface area contributed by atoms with Gasteiger partial charge >= 0.3 is 0 Å². The van der Waals surface area contributed by atoms with Gasteiger partial charge in [-0.3, -0.25) is 0 Å². The molecule has 2 nitrogen and oxygen atoms in total. The molecule has 3 heteroatoms. The third kappa shape index (κ3) is 2.13. The molecule has 0 unspecified atom stereocenters. The molecule has 4 saturated carbocycles. The zero-order valence-electron chi connectivity index (χ0n) is 11.5. The second-order valence-electron chi connectivity index (χ2n) is 6.64. The number of hydrazine groups is 1. The summed E-state index contributed by atoms with van der Waals surface area (Å²) in [5, 5.41) is 5.02. The van der Waals surface area contributed by atoms with Crippen LogP contribution in [0.2, 0.25) is 0 Å². The number of rotatable bonds is 3. The molecule has 4 bridgehead atoms. The highest BCUT2D eigenvalue weighted by Crippen LogP contribution is 2.57. The first-order chi connectivity index (χ1) is 7.63. The lowest BCUT2D eigenvalue weighted by Gasteiger charge is -2.61. The average Bonchev–Trinajstić information content (AvgIpc) is 2.25. The first kappa shape index (κ1) is 13.6. The van der Waals surface area contributed by atoms with Crippen molar-refractivity contribution in [1.29, 1.82) is 0 Å². The van der Waals surface area contributed by atoms with E-state index in [1.807, 2.05) is 0 Å². The summed E-state index contributed by atoms with van der Waals surface area (Å²) in [7, 11) is 4.58. The van der Waals surface area contributed by atoms with Gasteiger partial charge in [0.2, 0.25) is 0 Å². The summed E-state index contributed by atoms with van der Waals surface area (Å²) in [6.45, 7) is 3.40. The molecule has 0 N–H and O–H groups in total. The van der Waals surface area contributed by atoms with Crippen molar-refractivity contribution in [2.75, 3.05) is 20.6 Å². The van der Waals surface area contributed by atoms with Crippen LogP contribution in [0.4, 0.5) is 0 Å². The van der Waals surface area contributed by atoms with Crippen molar-refractivity contribution in [3.05, 3.63) is 0 Å². The normalized spacial score (nSPS) is 43.2. The third-order valence-electron chi connectivity index (χ3n) is 5.66. The van der Waals surface area contributed by atoms with Crippen molar-refractivity contribution in [1.82, 2.24) is 10.0 Å². The molecule has 0 aromatic heterocycles. The highest BCUT2D eigenvalue weighted by Gasteiger charge is 2.53. The highest BCUT2D eigenvalue weighted by molar-refractivity contribution is 5.85. The molecule has 4 aliphatic rings. The van der Waals surface area contributed by atoms with Gasteiger partial charge in [-0.1, -0.05) is 6.92 Å². The Bertz CT molecular complexity index is 244. The van der Waals surface area contributed by atoms with E-state index in [4.69, 9.17) is 0 Å². The predicted octanol–water partition coefficient (Wildman–Crippen LogP) is 3.18. The predicted molar refractivity (Wildman–Crippen MR) is 74.2 cm³/mol. The minimum Gasteiger partial charge on any atom is -0.245 e. The van der Waals surface area contributed by atoms with Crippen molar-refractivity contribution in [3.63, 3.8) is 0 Å². The molecule has 17 heavy (non-hydrogen) atoms. The van der Waals surface area contributed by atoms with Gasteiger partial charge in [0.25, 0.3) is 0 Å². The van der Waals surface area contributed by atoms with E-state index in [1.54, 1.807) is 19.3 Å². The fourth-order valence-electron chi connectivity index (χ4n) is 5.04. The smallest absolute Gasteiger partial charge is 0.0361 e. The molecule has 0 aromatic carbocycles. The summed E-state index contributed by atoms with van der Waals surface area (Å²) in [6.07, 6.45) is 9.05. The molecule has 0 spiro atoms. The molecule has 0 aliphatic heterocycles. The van der Waals surface area contributed by atoms with Crippen LogP contribution in [-0.4, -0.2) is 36.2 Å². The zero-order valence-corrected chi connectivity index (χ0v) is 12.3. The zero-order chi connectivity index (χ0) is 11.3. The van der Waals surface area contributed by atoms with E-state index in [0.717, 1.165) is 24.3 Å². The van der Waals surface area contributed by atoms with Crippen molar-refractivity contribution >= 4 is 12.4 Å². The molecule has 0 aromatic rings. The van der Waals surface area contributed by atoms with E-state index in [1.165, 1.54) is 19.3 Å². The highest BCUT2D eigenvalue weighted by atomic mass is 35.5. The Hall–Kier alpha value is 0.210. The van der Waals surface area contributed by atoms with Crippen LogP contribution < -0.4 is 0 Å². The fraction of sp³-hybridized carbons (Fsp3) is 1.00. The van der Waals surface area contributed by atoms with Gasteiger partial charge in [-0.05, 0) is 56.3 Å². The molecule has 100 valence electrons. The summed E-state index contributed by atoms with van der Waals surface area (Å²) < 4.78 is 0. The molecule has 4 rings (SSSR count). The Labute approximate surface area is 112 Å². The summed E-state index contributed by atoms with van der Waals surface area (Å²) in [4.78, 5) is 0. The lowest BCUT2D eigenvalue weighted by Crippen LogP contribution is -2.62. The van der Waals surface area contributed by atoms with E-state index in [0.29, 0.717) is 5.54 Å². The minimum absolute atomic E-state index is 0. The fourth-order valence-corrected chi connectivity index (χ4v) is 5.04. The number of hydrogen-bond donors (Lipinski definition) is 0. The van der Waals surface area contributed by atoms with Gasteiger partial charge in [0.1, 0.15) is 0 Å². The van der Waals surface area contributed by atoms with Gasteiger partial charge in [0, 0.05) is 26.2 Å². The topological polar surface area (TPSA) is 6.48 Å². The molecular formula is C14H27ClN2. The van der Waals surface area contributed by atoms with Crippen LogP contribution in [0.3, 0.4) is 0 Å². The second kappa shape index (κ2) is 4.71. The summed E-state index contributed by atoms with van der Waals surface area (Å²) >= 11 is 0. The Morgan fingerprint density at radius 1 is 0.941 bits per heavy atom. The van der Waals surface area contributed by atoms with Crippen molar-refractivity contribution < 1.29 is 0 Å². The van der Waals surface area contributed by atoms with Crippen molar-refractivity contribution in [2.45, 2.75) is 51.0 Å². The Kier molecular flexibility index (Phi) is 3.78. The Morgan fingerprint density at radius 2 is 1.35 bits per heavy atom. The first-order valence-corrected chi connectivity index (χ1v) is 7.08. The maximum atomic E-state index is 2.59. The van der Waals surface area contributed by atoms with Crippen molar-refractivity contribution in [3.8, 4) is 0 Å². The standard InChI is InChI=1S/C14H26N2.ClH/c1-4-15(2)16(3)14-8-11-5-12(9-14)7-13(6-11)10-14;/h11-13H,4-10H2,1-3H3;1H. The van der Waals surface area contributed by atoms with Gasteiger partial charge in [-0.2, -0.15) is 0 Å². The summed E-state index contributed by atoms with van der Waals surface area (Å²) in [5.74, 6) is 3.16. The van der Waals surface area contributed by atoms with Gasteiger partial charge in [0.15, 0.2) is 0 Å². The minimum atomic E-state index is 0. The number of nitrogens with zero attached hydrogens (tertiary/aromatic N) is 2. The number of hydrogen-bond acceptors (Lipinski definition) is 2. The molecule has 0 atom stereocenters. The van der Waals surface area contributed by atoms with E-state index in [9.17, 15) is 0 Å². The largest absolute Gasteiger partial charge is 0.245 e. The van der Waals surface area contributed by atoms with Crippen LogP contribution in [0, 0.1) is 17.8 Å². The van der Waals surface area contributed by atoms with Gasteiger partial charge < -0.3 is 0 Å².